The van der Waals surface area contributed by atoms with Gasteiger partial charge in [0.2, 0.25) is 11.2 Å². The normalized spacial score (nSPS) is 12.8. The third-order valence-corrected chi connectivity index (χ3v) is 27.5. The van der Waals surface area contributed by atoms with E-state index in [9.17, 15) is 46.5 Å². The van der Waals surface area contributed by atoms with E-state index in [0.717, 1.165) is 170 Å². The van der Waals surface area contributed by atoms with Crippen LogP contribution in [-0.2, 0) is 11.2 Å². The number of rotatable bonds is 7. The van der Waals surface area contributed by atoms with E-state index < -0.39 is 23.6 Å². The van der Waals surface area contributed by atoms with Gasteiger partial charge in [0.15, 0.2) is 0 Å². The third-order valence-electron chi connectivity index (χ3n) is 24.7. The molecule has 3 aliphatic rings. The predicted octanol–water partition coefficient (Wildman–Crippen LogP) is 32.0. The van der Waals surface area contributed by atoms with Crippen molar-refractivity contribution in [2.24, 2.45) is 0 Å². The van der Waals surface area contributed by atoms with Gasteiger partial charge in [-0.05, 0) is 154 Å². The smallest absolute Gasteiger partial charge is 0 e. The van der Waals surface area contributed by atoms with E-state index in [4.69, 9.17) is 15.8 Å². The summed E-state index contributed by atoms with van der Waals surface area (Å²) < 4.78 is 111. The van der Waals surface area contributed by atoms with Gasteiger partial charge in [0.1, 0.15) is 11.5 Å². The SMILES string of the molecule is CC.CC.CC.CC.CC.CC.CC.CCOc1c(C)c(C)c2c(c1C)C(O)(C(F)(F)F)c1ccccc1-2.Cc1c(C)c2c(c(C)c1O)C(O)(C(F)(F)F)c1ccccc1-2.Cc1c(C)c2c(c(C)c1[O][PoH])C(=O)c1ccccc1-2.Cc1cc(C)c([O][PoH])c(C)c1C.Cc1cc(C)c([O][PoH])c(C)c1C.Cc1ccccc1-c1cc(C)c([O][PoH])c(C)c1C.Cc1ccccc1C.Cc1ccccc1C.[3HH]. The van der Waals surface area contributed by atoms with Crippen molar-refractivity contribution in [2.75, 3.05) is 6.61 Å². The van der Waals surface area contributed by atoms with Crippen LogP contribution in [0.2, 0.25) is 0 Å². The van der Waals surface area contributed by atoms with Gasteiger partial charge in [-0.2, -0.15) is 26.3 Å². The Hall–Kier alpha value is -7.81. The fraction of sp³-hybridized carbons (Fsp3) is 0.381. The quantitative estimate of drug-likeness (QED) is 0.134. The number of phenolic OH excluding ortho intramolecular Hbond substituents is 1. The topological polar surface area (TPSA) is 124 Å². The first-order valence-electron chi connectivity index (χ1n) is 47.5. The number of hydrogen-bond acceptors (Lipinski definition) is 9. The Morgan fingerprint density at radius 2 is 0.547 bits per heavy atom. The van der Waals surface area contributed by atoms with E-state index in [1.54, 1.807) is 58.9 Å². The second kappa shape index (κ2) is 59.2. The Balaban J connectivity index is 0.00000155. The van der Waals surface area contributed by atoms with Crippen molar-refractivity contribution in [3.05, 3.63) is 336 Å². The molecule has 2 atom stereocenters. The first-order chi connectivity index (χ1) is 64.7. The Morgan fingerprint density at radius 3 is 0.883 bits per heavy atom. The molecule has 0 spiro atoms. The van der Waals surface area contributed by atoms with Crippen molar-refractivity contribution in [2.45, 2.75) is 301 Å². The van der Waals surface area contributed by atoms with E-state index in [0.29, 0.717) is 56.9 Å². The van der Waals surface area contributed by atoms with Gasteiger partial charge in [0.25, 0.3) is 0 Å². The molecule has 0 aromatic heterocycles. The van der Waals surface area contributed by atoms with Crippen molar-refractivity contribution in [1.82, 2.24) is 0 Å². The number of carbonyl (C=O) groups excluding carboxylic acids is 1. The van der Waals surface area contributed by atoms with Crippen LogP contribution >= 0.6 is 0 Å². The van der Waals surface area contributed by atoms with E-state index >= 15 is 0 Å². The number of benzene rings is 12. The Kier molecular flexibility index (Phi) is 55.0. The van der Waals surface area contributed by atoms with Crippen LogP contribution in [0.15, 0.2) is 164 Å². The molecular weight excluding hydrogens is 2510 g/mol. The number of carbonyl (C=O) groups is 1. The average Bonchev–Trinajstić information content (AvgIpc) is 1.54. The summed E-state index contributed by atoms with van der Waals surface area (Å²) in [6.07, 6.45) is -9.71. The number of fused-ring (bicyclic) bond motifs is 9. The molecule has 0 radical (unpaired) electrons. The molecule has 137 heavy (non-hydrogen) atoms. The van der Waals surface area contributed by atoms with Gasteiger partial charge >= 0.3 is 446 Å². The van der Waals surface area contributed by atoms with Gasteiger partial charge in [0.05, 0.1) is 6.61 Å². The summed E-state index contributed by atoms with van der Waals surface area (Å²) in [5, 5.41) is 31.6. The molecule has 12 aromatic carbocycles. The summed E-state index contributed by atoms with van der Waals surface area (Å²) in [4.78, 5) is 12.6. The van der Waals surface area contributed by atoms with Crippen molar-refractivity contribution in [1.29, 1.82) is 0 Å². The van der Waals surface area contributed by atoms with Crippen molar-refractivity contribution >= 4 is 108 Å². The van der Waals surface area contributed by atoms with E-state index in [1.807, 2.05) is 135 Å². The molecule has 0 bridgehead atoms. The van der Waals surface area contributed by atoms with Crippen LogP contribution in [-0.4, -0.2) is 142 Å². The maximum absolute atomic E-state index is 13.9. The Labute approximate surface area is 885 Å². The second-order valence-corrected chi connectivity index (χ2v) is 34.9. The second-order valence-electron chi connectivity index (χ2n) is 32.0. The van der Waals surface area contributed by atoms with Crippen molar-refractivity contribution in [3.63, 3.8) is 0 Å². The number of ketones is 1. The summed E-state index contributed by atoms with van der Waals surface area (Å²) >= 11 is 3.70. The molecule has 0 heterocycles. The van der Waals surface area contributed by atoms with Crippen LogP contribution in [0.5, 0.6) is 34.5 Å². The molecule has 15 rings (SSSR count). The monoisotopic (exact) mass is 2670 g/mol. The maximum atomic E-state index is 13.9. The van der Waals surface area contributed by atoms with Crippen LogP contribution in [0.25, 0.3) is 44.5 Å². The minimum Gasteiger partial charge on any atom is -0.0620 e. The maximum Gasteiger partial charge on any atom is 0 e. The molecule has 3 aliphatic carbocycles. The number of aryl methyl sites for hydroxylation is 10. The van der Waals surface area contributed by atoms with E-state index in [1.165, 1.54) is 131 Å². The molecule has 19 heteroatoms. The summed E-state index contributed by atoms with van der Waals surface area (Å²) in [6.45, 7) is 80.3. The van der Waals surface area contributed by atoms with Crippen LogP contribution in [0.1, 0.15) is 283 Å². The van der Waals surface area contributed by atoms with Gasteiger partial charge in [-0.25, -0.2) is 0 Å². The first kappa shape index (κ1) is 127. The van der Waals surface area contributed by atoms with E-state index in [2.05, 4.69) is 216 Å². The van der Waals surface area contributed by atoms with Crippen molar-refractivity contribution < 1.29 is 63.7 Å². The molecule has 9 nitrogen and oxygen atoms in total. The van der Waals surface area contributed by atoms with E-state index in [-0.39, 0.29) is 40.8 Å². The predicted molar refractivity (Wildman–Crippen MR) is 579 cm³/mol. The molecule has 2 unspecified atom stereocenters. The number of aromatic hydroxyl groups is 1. The van der Waals surface area contributed by atoms with Crippen LogP contribution in [0, 0.1) is 173 Å². The molecule has 750 valence electrons. The molecule has 0 amide bonds. The largest absolute Gasteiger partial charge is 0.0620 e. The number of phenols is 1. The molecular formula is C118H158F6O9Po4. The van der Waals surface area contributed by atoms with Gasteiger partial charge < -0.3 is 20.1 Å². The van der Waals surface area contributed by atoms with Gasteiger partial charge in [0, 0.05) is 23.7 Å². The fourth-order valence-corrected chi connectivity index (χ4v) is 20.8. The summed E-state index contributed by atoms with van der Waals surface area (Å²) in [6, 6.07) is 51.9. The minimum atomic E-state index is -4.88. The fourth-order valence-electron chi connectivity index (χ4n) is 16.5. The molecule has 0 saturated heterocycles. The molecule has 3 N–H and O–H groups in total. The zero-order chi connectivity index (χ0) is 106. The Bertz CT molecular complexity index is 5830. The Morgan fingerprint density at radius 1 is 0.270 bits per heavy atom. The van der Waals surface area contributed by atoms with Gasteiger partial charge in [-0.3, -0.25) is 0 Å². The average molecular weight is 2670 g/mol. The third kappa shape index (κ3) is 28.6. The minimum absolute atomic E-state index is 0. The van der Waals surface area contributed by atoms with Crippen LogP contribution in [0.4, 0.5) is 26.3 Å². The number of halogens is 6. The van der Waals surface area contributed by atoms with Crippen molar-refractivity contribution in [3.8, 4) is 79.0 Å². The van der Waals surface area contributed by atoms with Crippen LogP contribution < -0.4 is 15.8 Å². The zero-order valence-electron chi connectivity index (χ0n) is 89.1. The number of alkyl halides is 6. The number of ether oxygens (including phenoxy) is 1. The van der Waals surface area contributed by atoms with Gasteiger partial charge in [-0.15, -0.1) is 0 Å². The summed E-state index contributed by atoms with van der Waals surface area (Å²) in [5.41, 5.74) is 28.6. The molecule has 0 aliphatic heterocycles. The summed E-state index contributed by atoms with van der Waals surface area (Å²) in [7, 11) is 0. The van der Waals surface area contributed by atoms with Crippen LogP contribution in [0.3, 0.4) is 0 Å². The number of aliphatic hydroxyl groups is 2. The van der Waals surface area contributed by atoms with Gasteiger partial charge in [-0.1, -0.05) is 194 Å². The molecule has 0 saturated carbocycles. The first-order valence-corrected chi connectivity index (χ1v) is 53.1. The molecule has 12 aromatic rings. The standard InChI is InChI=1S/C19H19F3O2.C17H15F3O2.C16H14O2.C16H18O.2C10H14O.2C8H10.7C2H6.4Po.H2.4H/c1-5-24-17-11(3)10(2)15-13-8-6-7-9-14(13)18(23,19(20,21)22)16(15)12(17)4;1-8-9(2)15(21)10(3)14-13(8)11-6-4-5-7-12(11)16(14,22)17(18,19)20;1-8-9(2)15(17)10(3)14-13(8)11-6-4-5-7-12(11)16(14)18;1-10-7-5-6-8-14(10)15-9-11(2)16(17)13(4)12(15)3;2*1-6-5-7(2)10(11)9(4)8(6)3;2*1-7-5-3-4-6-8(7)2;7*1-2;;;;;;;;;/h6-9,23H,5H2,1-4H3;4-7,21-22H,1-3H3;4-7,17H,1-3H3;5-9,17H,1-4H3;2*5,11H,1-4H3;2*3-6H,1-2H3;7*1-2H3;;;;;1H;;;;/q;;;;;;;;;;;;;;;4*+1;;;;;/p-4/i;;;;;;;;;;;;;;;;;;;1+2;;;;. The summed E-state index contributed by atoms with van der Waals surface area (Å²) in [5.74, 6) is 4.43. The molecule has 0 fully saturated rings. The zero-order valence-corrected chi connectivity index (χ0v) is 103. The number of hydrogen-bond donors (Lipinski definition) is 3.